The molecule has 2 rings (SSSR count). The van der Waals surface area contributed by atoms with Gasteiger partial charge >= 0.3 is 7.82 Å². The summed E-state index contributed by atoms with van der Waals surface area (Å²) in [5.41, 5.74) is 0. The third-order valence-corrected chi connectivity index (χ3v) is 6.09. The second-order valence-corrected chi connectivity index (χ2v) is 13.5. The maximum absolute atomic E-state index is 13.0. The molecule has 0 unspecified atom stereocenters. The number of phosphoric acid groups is 1. The Bertz CT molecular complexity index is 595. The smallest absolute Gasteiger partial charge is 0.395 e. The molecule has 0 spiro atoms. The van der Waals surface area contributed by atoms with Crippen molar-refractivity contribution in [2.75, 3.05) is 6.61 Å². The van der Waals surface area contributed by atoms with Gasteiger partial charge in [0.15, 0.2) is 0 Å². The third kappa shape index (κ3) is 6.61. The maximum atomic E-state index is 13.0. The monoisotopic (exact) mass is 350 g/mol. The number of para-hydroxylation sites is 2. The fraction of sp³-hybridized carbons (Fsp3) is 0.294. The van der Waals surface area contributed by atoms with Crippen molar-refractivity contribution >= 4 is 15.9 Å². The van der Waals surface area contributed by atoms with E-state index in [-0.39, 0.29) is 0 Å². The Kier molecular flexibility index (Phi) is 6.05. The molecule has 0 aliphatic rings. The van der Waals surface area contributed by atoms with Gasteiger partial charge in [-0.15, -0.1) is 0 Å². The van der Waals surface area contributed by atoms with Crippen LogP contribution in [-0.2, 0) is 9.09 Å². The molecule has 0 fully saturated rings. The average Bonchev–Trinajstić information content (AvgIpc) is 2.47. The van der Waals surface area contributed by atoms with Crippen molar-refractivity contribution in [2.45, 2.75) is 25.7 Å². The molecule has 2 aromatic rings. The van der Waals surface area contributed by atoms with Crippen LogP contribution in [0.3, 0.4) is 0 Å². The molecule has 0 aliphatic carbocycles. The Balaban J connectivity index is 2.11. The fourth-order valence-electron chi connectivity index (χ4n) is 1.76. The lowest BCUT2D eigenvalue weighted by atomic mass is 10.3. The van der Waals surface area contributed by atoms with Gasteiger partial charge in [0.25, 0.3) is 0 Å². The third-order valence-electron chi connectivity index (χ3n) is 3.02. The number of benzene rings is 2. The van der Waals surface area contributed by atoms with Gasteiger partial charge < -0.3 is 9.05 Å². The predicted molar refractivity (Wildman–Crippen MR) is 95.9 cm³/mol. The fourth-order valence-corrected chi connectivity index (χ4v) is 3.86. The van der Waals surface area contributed by atoms with Crippen molar-refractivity contribution < 1.29 is 18.1 Å². The summed E-state index contributed by atoms with van der Waals surface area (Å²) in [6.07, 6.45) is 0. The van der Waals surface area contributed by atoms with Crippen molar-refractivity contribution in [1.29, 1.82) is 0 Å². The van der Waals surface area contributed by atoms with Crippen molar-refractivity contribution in [3.63, 3.8) is 0 Å². The van der Waals surface area contributed by atoms with E-state index in [1.165, 1.54) is 0 Å². The first-order valence-corrected chi connectivity index (χ1v) is 12.8. The van der Waals surface area contributed by atoms with Crippen LogP contribution in [0.15, 0.2) is 60.7 Å². The van der Waals surface area contributed by atoms with Gasteiger partial charge in [-0.2, -0.15) is 0 Å². The molecule has 0 bridgehead atoms. The van der Waals surface area contributed by atoms with E-state index < -0.39 is 15.9 Å². The van der Waals surface area contributed by atoms with Gasteiger partial charge in [0.2, 0.25) is 0 Å². The minimum atomic E-state index is -3.73. The lowest BCUT2D eigenvalue weighted by Crippen LogP contribution is -2.22. The van der Waals surface area contributed by atoms with Crippen LogP contribution < -0.4 is 9.05 Å². The molecule has 124 valence electrons. The van der Waals surface area contributed by atoms with Crippen LogP contribution in [0.2, 0.25) is 25.7 Å². The summed E-state index contributed by atoms with van der Waals surface area (Å²) in [6, 6.07) is 18.7. The van der Waals surface area contributed by atoms with Gasteiger partial charge in [-0.25, -0.2) is 4.57 Å². The summed E-state index contributed by atoms with van der Waals surface area (Å²) in [5, 5.41) is 0. The van der Waals surface area contributed by atoms with Crippen molar-refractivity contribution in [1.82, 2.24) is 0 Å². The SMILES string of the molecule is C[Si](C)(C)CCOP(=O)(Oc1ccccc1)Oc1ccccc1. The van der Waals surface area contributed by atoms with Crippen LogP contribution in [0.25, 0.3) is 0 Å². The van der Waals surface area contributed by atoms with Crippen LogP contribution in [0.1, 0.15) is 0 Å². The van der Waals surface area contributed by atoms with E-state index in [9.17, 15) is 4.57 Å². The van der Waals surface area contributed by atoms with Gasteiger partial charge in [0, 0.05) is 8.07 Å². The molecule has 0 radical (unpaired) electrons. The largest absolute Gasteiger partial charge is 0.587 e. The van der Waals surface area contributed by atoms with Crippen LogP contribution in [0.4, 0.5) is 0 Å². The summed E-state index contributed by atoms with van der Waals surface area (Å²) in [4.78, 5) is 0. The van der Waals surface area contributed by atoms with E-state index in [0.29, 0.717) is 18.1 Å². The number of rotatable bonds is 8. The van der Waals surface area contributed by atoms with E-state index >= 15 is 0 Å². The normalized spacial score (nSPS) is 12.0. The minimum absolute atomic E-state index is 0.354. The van der Waals surface area contributed by atoms with Crippen LogP contribution in [0, 0.1) is 0 Å². The van der Waals surface area contributed by atoms with E-state index in [0.717, 1.165) is 6.04 Å². The molecule has 0 aromatic heterocycles. The molecular weight excluding hydrogens is 327 g/mol. The predicted octanol–water partition coefficient (Wildman–Crippen LogP) is 5.61. The van der Waals surface area contributed by atoms with Crippen LogP contribution in [-0.4, -0.2) is 14.7 Å². The Hall–Kier alpha value is -1.55. The summed E-state index contributed by atoms with van der Waals surface area (Å²) < 4.78 is 29.6. The molecule has 0 saturated heterocycles. The topological polar surface area (TPSA) is 44.8 Å². The van der Waals surface area contributed by atoms with Crippen molar-refractivity contribution in [3.05, 3.63) is 60.7 Å². The highest BCUT2D eigenvalue weighted by atomic mass is 31.2. The molecule has 4 nitrogen and oxygen atoms in total. The van der Waals surface area contributed by atoms with Gasteiger partial charge in [-0.1, -0.05) is 56.0 Å². The molecule has 0 saturated carbocycles. The minimum Gasteiger partial charge on any atom is -0.395 e. The Morgan fingerprint density at radius 1 is 0.826 bits per heavy atom. The number of hydrogen-bond acceptors (Lipinski definition) is 4. The first kappa shape index (κ1) is 17.8. The molecule has 0 atom stereocenters. The van der Waals surface area contributed by atoms with Crippen LogP contribution in [0.5, 0.6) is 11.5 Å². The van der Waals surface area contributed by atoms with E-state index in [1.807, 2.05) is 36.4 Å². The summed E-state index contributed by atoms with van der Waals surface area (Å²) in [5.74, 6) is 0.916. The Morgan fingerprint density at radius 3 is 1.65 bits per heavy atom. The summed E-state index contributed by atoms with van der Waals surface area (Å²) in [6.45, 7) is 7.05. The summed E-state index contributed by atoms with van der Waals surface area (Å²) in [7, 11) is -5.03. The number of hydrogen-bond donors (Lipinski definition) is 0. The molecular formula is C17H23O4PSi. The molecule has 0 aliphatic heterocycles. The van der Waals surface area contributed by atoms with Gasteiger partial charge in [-0.05, 0) is 30.3 Å². The van der Waals surface area contributed by atoms with E-state index in [1.54, 1.807) is 24.3 Å². The van der Waals surface area contributed by atoms with Crippen LogP contribution >= 0.6 is 7.82 Å². The Labute approximate surface area is 139 Å². The highest BCUT2D eigenvalue weighted by molar-refractivity contribution is 7.49. The van der Waals surface area contributed by atoms with Gasteiger partial charge in [0.05, 0.1) is 6.61 Å². The molecule has 2 aromatic carbocycles. The lowest BCUT2D eigenvalue weighted by molar-refractivity contribution is 0.219. The average molecular weight is 350 g/mol. The maximum Gasteiger partial charge on any atom is 0.587 e. The molecule has 0 N–H and O–H groups in total. The van der Waals surface area contributed by atoms with Crippen molar-refractivity contribution in [2.24, 2.45) is 0 Å². The first-order chi connectivity index (χ1) is 10.9. The van der Waals surface area contributed by atoms with Crippen molar-refractivity contribution in [3.8, 4) is 11.5 Å². The zero-order valence-electron chi connectivity index (χ0n) is 13.8. The molecule has 0 amide bonds. The van der Waals surface area contributed by atoms with Gasteiger partial charge in [0.1, 0.15) is 11.5 Å². The standard InChI is InChI=1S/C17H23O4PSi/c1-23(2,3)15-14-19-22(18,20-16-10-6-4-7-11-16)21-17-12-8-5-9-13-17/h4-13H,14-15H2,1-3H3. The highest BCUT2D eigenvalue weighted by Crippen LogP contribution is 2.49. The Morgan fingerprint density at radius 2 is 1.26 bits per heavy atom. The first-order valence-electron chi connectivity index (χ1n) is 7.60. The lowest BCUT2D eigenvalue weighted by Gasteiger charge is -2.21. The molecule has 23 heavy (non-hydrogen) atoms. The second kappa shape index (κ2) is 7.82. The zero-order valence-corrected chi connectivity index (χ0v) is 15.7. The molecule has 0 heterocycles. The number of phosphoric ester groups is 1. The second-order valence-electron chi connectivity index (χ2n) is 6.40. The van der Waals surface area contributed by atoms with Gasteiger partial charge in [-0.3, -0.25) is 4.52 Å². The highest BCUT2D eigenvalue weighted by Gasteiger charge is 2.31. The quantitative estimate of drug-likeness (QED) is 0.459. The molecule has 6 heteroatoms. The van der Waals surface area contributed by atoms with E-state index in [4.69, 9.17) is 13.6 Å². The summed E-state index contributed by atoms with van der Waals surface area (Å²) >= 11 is 0. The van der Waals surface area contributed by atoms with E-state index in [2.05, 4.69) is 19.6 Å². The zero-order chi connectivity index (χ0) is 16.8.